The largest absolute Gasteiger partial charge is 0.437 e. The molecule has 0 amide bonds. The van der Waals surface area contributed by atoms with Gasteiger partial charge in [0.2, 0.25) is 5.88 Å². The van der Waals surface area contributed by atoms with Crippen LogP contribution in [0.1, 0.15) is 18.2 Å². The van der Waals surface area contributed by atoms with Crippen molar-refractivity contribution in [3.63, 3.8) is 0 Å². The Morgan fingerprint density at radius 2 is 2.10 bits per heavy atom. The number of hydrogen-bond acceptors (Lipinski definition) is 3. The summed E-state index contributed by atoms with van der Waals surface area (Å²) in [5.74, 6) is 1.20. The normalized spacial score (nSPS) is 10.8. The second kappa shape index (κ2) is 6.48. The van der Waals surface area contributed by atoms with E-state index in [0.29, 0.717) is 28.2 Å². The molecule has 0 fully saturated rings. The molecule has 2 rings (SSSR count). The third kappa shape index (κ3) is 3.08. The first-order valence-electron chi connectivity index (χ1n) is 6.39. The number of benzene rings is 1. The minimum absolute atomic E-state index is 0.405. The maximum Gasteiger partial charge on any atom is 0.222 e. The number of hydrogen-bond donors (Lipinski definition) is 1. The second-order valence-corrected chi connectivity index (χ2v) is 5.21. The van der Waals surface area contributed by atoms with E-state index in [4.69, 9.17) is 27.9 Å². The fourth-order valence-corrected chi connectivity index (χ4v) is 2.26. The highest BCUT2D eigenvalue weighted by Crippen LogP contribution is 2.36. The monoisotopic (exact) mass is 313 g/mol. The minimum atomic E-state index is 0.405. The molecule has 0 bridgehead atoms. The van der Waals surface area contributed by atoms with E-state index >= 15 is 0 Å². The maximum absolute atomic E-state index is 6.16. The van der Waals surface area contributed by atoms with Gasteiger partial charge in [-0.05, 0) is 25.6 Å². The number of rotatable bonds is 5. The molecule has 1 N–H and O–H groups in total. The van der Waals surface area contributed by atoms with Gasteiger partial charge in [-0.2, -0.15) is 5.10 Å². The third-order valence-electron chi connectivity index (χ3n) is 2.96. The lowest BCUT2D eigenvalue weighted by Gasteiger charge is -2.11. The molecule has 108 valence electrons. The van der Waals surface area contributed by atoms with Gasteiger partial charge in [-0.1, -0.05) is 36.2 Å². The molecule has 0 aliphatic carbocycles. The fourth-order valence-electron chi connectivity index (χ4n) is 1.93. The van der Waals surface area contributed by atoms with Crippen molar-refractivity contribution in [1.29, 1.82) is 0 Å². The molecule has 0 unspecified atom stereocenters. The quantitative estimate of drug-likeness (QED) is 0.908. The van der Waals surface area contributed by atoms with Gasteiger partial charge in [-0.3, -0.25) is 0 Å². The van der Waals surface area contributed by atoms with Crippen molar-refractivity contribution in [2.45, 2.75) is 20.4 Å². The van der Waals surface area contributed by atoms with E-state index in [1.165, 1.54) is 0 Å². The Balaban J connectivity index is 2.35. The van der Waals surface area contributed by atoms with Crippen LogP contribution in [0.25, 0.3) is 0 Å². The summed E-state index contributed by atoms with van der Waals surface area (Å²) in [5.41, 5.74) is 1.95. The molecule has 0 aliphatic rings. The van der Waals surface area contributed by atoms with E-state index in [-0.39, 0.29) is 0 Å². The Morgan fingerprint density at radius 1 is 1.35 bits per heavy atom. The molecule has 0 radical (unpaired) electrons. The van der Waals surface area contributed by atoms with Gasteiger partial charge in [0.05, 0.1) is 16.3 Å². The Kier molecular flexibility index (Phi) is 4.91. The first kappa shape index (κ1) is 15.2. The lowest BCUT2D eigenvalue weighted by Crippen LogP contribution is -2.12. The minimum Gasteiger partial charge on any atom is -0.437 e. The number of aryl methyl sites for hydroxylation is 2. The van der Waals surface area contributed by atoms with E-state index in [1.807, 2.05) is 14.0 Å². The Bertz CT molecular complexity index is 611. The third-order valence-corrected chi connectivity index (χ3v) is 3.76. The average Bonchev–Trinajstić information content (AvgIpc) is 2.67. The molecule has 1 aromatic heterocycles. The van der Waals surface area contributed by atoms with Crippen molar-refractivity contribution in [3.8, 4) is 11.6 Å². The van der Waals surface area contributed by atoms with Crippen LogP contribution in [-0.4, -0.2) is 16.3 Å². The average molecular weight is 314 g/mol. The molecule has 0 atom stereocenters. The molecule has 0 saturated carbocycles. The molecule has 0 aliphatic heterocycles. The molecule has 1 heterocycles. The molecule has 20 heavy (non-hydrogen) atoms. The van der Waals surface area contributed by atoms with E-state index in [9.17, 15) is 0 Å². The van der Waals surface area contributed by atoms with Crippen LogP contribution in [0.3, 0.4) is 0 Å². The SMILES string of the molecule is CCNCc1c(C)nn(C)c1Oc1cccc(Cl)c1Cl. The van der Waals surface area contributed by atoms with E-state index < -0.39 is 0 Å². The van der Waals surface area contributed by atoms with Crippen LogP contribution in [0.15, 0.2) is 18.2 Å². The predicted octanol–water partition coefficient (Wildman–Crippen LogP) is 3.94. The second-order valence-electron chi connectivity index (χ2n) is 4.43. The zero-order valence-corrected chi connectivity index (χ0v) is 13.2. The molecule has 2 aromatic rings. The molecule has 6 heteroatoms. The Hall–Kier alpha value is -1.23. The van der Waals surface area contributed by atoms with Gasteiger partial charge in [0.15, 0.2) is 0 Å². The summed E-state index contributed by atoms with van der Waals surface area (Å²) < 4.78 is 7.62. The van der Waals surface area contributed by atoms with Crippen molar-refractivity contribution in [2.24, 2.45) is 7.05 Å². The van der Waals surface area contributed by atoms with Crippen LogP contribution in [0.2, 0.25) is 10.0 Å². The van der Waals surface area contributed by atoms with Crippen LogP contribution in [-0.2, 0) is 13.6 Å². The molecular formula is C14H17Cl2N3O. The molecule has 1 aromatic carbocycles. The maximum atomic E-state index is 6.16. The van der Waals surface area contributed by atoms with Crippen LogP contribution >= 0.6 is 23.2 Å². The molecule has 0 spiro atoms. The van der Waals surface area contributed by atoms with Crippen molar-refractivity contribution in [2.75, 3.05) is 6.54 Å². The van der Waals surface area contributed by atoms with Crippen molar-refractivity contribution in [3.05, 3.63) is 39.5 Å². The van der Waals surface area contributed by atoms with Gasteiger partial charge in [0, 0.05) is 13.6 Å². The molecule has 0 saturated heterocycles. The van der Waals surface area contributed by atoms with Crippen LogP contribution < -0.4 is 10.1 Å². The van der Waals surface area contributed by atoms with E-state index in [0.717, 1.165) is 17.8 Å². The summed E-state index contributed by atoms with van der Waals surface area (Å²) in [6.45, 7) is 5.59. The summed E-state index contributed by atoms with van der Waals surface area (Å²) in [5, 5.41) is 8.54. The number of nitrogens with zero attached hydrogens (tertiary/aromatic N) is 2. The zero-order chi connectivity index (χ0) is 14.7. The molecular weight excluding hydrogens is 297 g/mol. The van der Waals surface area contributed by atoms with Gasteiger partial charge < -0.3 is 10.1 Å². The van der Waals surface area contributed by atoms with Gasteiger partial charge in [-0.15, -0.1) is 0 Å². The van der Waals surface area contributed by atoms with Crippen LogP contribution in [0, 0.1) is 6.92 Å². The highest BCUT2D eigenvalue weighted by Gasteiger charge is 2.16. The topological polar surface area (TPSA) is 39.1 Å². The highest BCUT2D eigenvalue weighted by atomic mass is 35.5. The summed E-state index contributed by atoms with van der Waals surface area (Å²) >= 11 is 12.2. The van der Waals surface area contributed by atoms with Gasteiger partial charge in [0.1, 0.15) is 10.8 Å². The first-order valence-corrected chi connectivity index (χ1v) is 7.15. The lowest BCUT2D eigenvalue weighted by molar-refractivity contribution is 0.424. The van der Waals surface area contributed by atoms with Crippen molar-refractivity contribution < 1.29 is 4.74 Å². The standard InChI is InChI=1S/C14H17Cl2N3O/c1-4-17-8-10-9(2)18-19(3)14(10)20-12-7-5-6-11(15)13(12)16/h5-7,17H,4,8H2,1-3H3. The number of ether oxygens (including phenoxy) is 1. The van der Waals surface area contributed by atoms with Gasteiger partial charge >= 0.3 is 0 Å². The van der Waals surface area contributed by atoms with Crippen molar-refractivity contribution >= 4 is 23.2 Å². The van der Waals surface area contributed by atoms with Crippen LogP contribution in [0.5, 0.6) is 11.6 Å². The summed E-state index contributed by atoms with van der Waals surface area (Å²) in [6.07, 6.45) is 0. The molecule has 4 nitrogen and oxygen atoms in total. The Morgan fingerprint density at radius 3 is 2.80 bits per heavy atom. The Labute approximate surface area is 128 Å². The lowest BCUT2D eigenvalue weighted by atomic mass is 10.2. The zero-order valence-electron chi connectivity index (χ0n) is 11.7. The van der Waals surface area contributed by atoms with Crippen molar-refractivity contribution in [1.82, 2.24) is 15.1 Å². The first-order chi connectivity index (χ1) is 9.54. The van der Waals surface area contributed by atoms with Gasteiger partial charge in [0.25, 0.3) is 0 Å². The number of halogens is 2. The summed E-state index contributed by atoms with van der Waals surface area (Å²) in [7, 11) is 1.84. The smallest absolute Gasteiger partial charge is 0.222 e. The fraction of sp³-hybridized carbons (Fsp3) is 0.357. The highest BCUT2D eigenvalue weighted by molar-refractivity contribution is 6.42. The van der Waals surface area contributed by atoms with Gasteiger partial charge in [-0.25, -0.2) is 4.68 Å². The van der Waals surface area contributed by atoms with E-state index in [1.54, 1.807) is 22.9 Å². The summed E-state index contributed by atoms with van der Waals surface area (Å²) in [6, 6.07) is 5.31. The summed E-state index contributed by atoms with van der Waals surface area (Å²) in [4.78, 5) is 0. The van der Waals surface area contributed by atoms with Crippen LogP contribution in [0.4, 0.5) is 0 Å². The number of nitrogens with one attached hydrogen (secondary N) is 1. The van der Waals surface area contributed by atoms with E-state index in [2.05, 4.69) is 17.3 Å². The number of aromatic nitrogens is 2. The predicted molar refractivity (Wildman–Crippen MR) is 81.9 cm³/mol.